The Morgan fingerprint density at radius 2 is 1.62 bits per heavy atom. The highest BCUT2D eigenvalue weighted by Crippen LogP contribution is 2.53. The first-order chi connectivity index (χ1) is 11.6. The van der Waals surface area contributed by atoms with Crippen LogP contribution in [-0.2, 0) is 9.59 Å². The lowest BCUT2D eigenvalue weighted by Gasteiger charge is -2.38. The molecule has 24 heavy (non-hydrogen) atoms. The molecule has 3 fully saturated rings. The average Bonchev–Trinajstić information content (AvgIpc) is 3.23. The van der Waals surface area contributed by atoms with E-state index in [4.69, 9.17) is 0 Å². The van der Waals surface area contributed by atoms with Crippen molar-refractivity contribution in [3.8, 4) is 0 Å². The van der Waals surface area contributed by atoms with Crippen molar-refractivity contribution in [1.29, 1.82) is 0 Å². The van der Waals surface area contributed by atoms with E-state index in [1.807, 2.05) is 4.90 Å². The number of aliphatic carboxylic acids is 1. The maximum Gasteiger partial charge on any atom is 0.307 e. The lowest BCUT2D eigenvalue weighted by Crippen LogP contribution is -2.52. The molecule has 1 aromatic rings. The van der Waals surface area contributed by atoms with Crippen LogP contribution >= 0.6 is 0 Å². The molecule has 7 nitrogen and oxygen atoms in total. The molecule has 1 saturated heterocycles. The van der Waals surface area contributed by atoms with Crippen molar-refractivity contribution in [2.45, 2.75) is 19.3 Å². The Morgan fingerprint density at radius 1 is 1.00 bits per heavy atom. The minimum Gasteiger partial charge on any atom is -0.481 e. The van der Waals surface area contributed by atoms with E-state index in [-0.39, 0.29) is 23.7 Å². The second kappa shape index (κ2) is 6.03. The van der Waals surface area contributed by atoms with Gasteiger partial charge in [0.1, 0.15) is 0 Å². The number of fused-ring (bicyclic) bond motifs is 2. The number of carbonyl (C=O) groups is 2. The Balaban J connectivity index is 1.42. The number of piperazine rings is 1. The summed E-state index contributed by atoms with van der Waals surface area (Å²) in [6.07, 6.45) is 6.30. The summed E-state index contributed by atoms with van der Waals surface area (Å²) in [6, 6.07) is 1.78. The zero-order valence-corrected chi connectivity index (χ0v) is 13.5. The zero-order valence-electron chi connectivity index (χ0n) is 13.5. The van der Waals surface area contributed by atoms with Crippen LogP contribution in [0.4, 0.5) is 5.95 Å². The van der Waals surface area contributed by atoms with E-state index in [1.165, 1.54) is 0 Å². The van der Waals surface area contributed by atoms with Gasteiger partial charge in [-0.25, -0.2) is 9.97 Å². The third-order valence-corrected chi connectivity index (χ3v) is 5.91. The second-order valence-corrected chi connectivity index (χ2v) is 7.08. The molecule has 2 bridgehead atoms. The van der Waals surface area contributed by atoms with Crippen molar-refractivity contribution in [2.75, 3.05) is 31.1 Å². The third kappa shape index (κ3) is 2.52. The topological polar surface area (TPSA) is 86.6 Å². The number of amides is 1. The van der Waals surface area contributed by atoms with Gasteiger partial charge in [-0.3, -0.25) is 9.59 Å². The van der Waals surface area contributed by atoms with Crippen molar-refractivity contribution in [3.05, 3.63) is 18.5 Å². The van der Waals surface area contributed by atoms with Crippen molar-refractivity contribution >= 4 is 17.8 Å². The molecule has 4 atom stereocenters. The Hall–Kier alpha value is -2.18. The van der Waals surface area contributed by atoms with Crippen LogP contribution in [0.3, 0.4) is 0 Å². The fourth-order valence-electron chi connectivity index (χ4n) is 4.79. The molecule has 0 aromatic carbocycles. The number of hydrogen-bond acceptors (Lipinski definition) is 5. The molecule has 2 aliphatic carbocycles. The lowest BCUT2D eigenvalue weighted by molar-refractivity contribution is -0.153. The monoisotopic (exact) mass is 330 g/mol. The first-order valence-electron chi connectivity index (χ1n) is 8.68. The summed E-state index contributed by atoms with van der Waals surface area (Å²) in [4.78, 5) is 37.0. The minimum absolute atomic E-state index is 0.0447. The number of rotatable bonds is 3. The Kier molecular flexibility index (Phi) is 3.86. The SMILES string of the molecule is O=C(O)[C@H]1[C@H]2CC[C@@H](C2)[C@H]1C(=O)N1CCN(c2ncccn2)CC1. The molecule has 0 unspecified atom stereocenters. The molecular weight excluding hydrogens is 308 g/mol. The van der Waals surface area contributed by atoms with E-state index >= 15 is 0 Å². The summed E-state index contributed by atoms with van der Waals surface area (Å²) in [6.45, 7) is 2.59. The normalized spacial score (nSPS) is 32.2. The summed E-state index contributed by atoms with van der Waals surface area (Å²) in [7, 11) is 0. The smallest absolute Gasteiger partial charge is 0.307 e. The molecule has 0 radical (unpaired) electrons. The third-order valence-electron chi connectivity index (χ3n) is 5.91. The van der Waals surface area contributed by atoms with Crippen LogP contribution in [0.1, 0.15) is 19.3 Å². The number of carbonyl (C=O) groups excluding carboxylic acids is 1. The Bertz CT molecular complexity index is 630. The quantitative estimate of drug-likeness (QED) is 0.885. The number of anilines is 1. The van der Waals surface area contributed by atoms with Crippen molar-refractivity contribution in [3.63, 3.8) is 0 Å². The van der Waals surface area contributed by atoms with Gasteiger partial charge in [0.25, 0.3) is 0 Å². The zero-order chi connectivity index (χ0) is 16.7. The van der Waals surface area contributed by atoms with Gasteiger partial charge in [-0.1, -0.05) is 0 Å². The molecule has 1 N–H and O–H groups in total. The van der Waals surface area contributed by atoms with Gasteiger partial charge in [0.15, 0.2) is 0 Å². The van der Waals surface area contributed by atoms with Crippen molar-refractivity contribution in [1.82, 2.24) is 14.9 Å². The summed E-state index contributed by atoms with van der Waals surface area (Å²) in [5.74, 6) is -0.403. The summed E-state index contributed by atoms with van der Waals surface area (Å²) >= 11 is 0. The van der Waals surface area contributed by atoms with Gasteiger partial charge >= 0.3 is 5.97 Å². The number of aromatic nitrogens is 2. The number of nitrogens with zero attached hydrogens (tertiary/aromatic N) is 4. The Labute approximate surface area is 140 Å². The molecule has 0 spiro atoms. The van der Waals surface area contributed by atoms with Gasteiger partial charge in [0.05, 0.1) is 11.8 Å². The molecule has 128 valence electrons. The van der Waals surface area contributed by atoms with Crippen LogP contribution in [-0.4, -0.2) is 58.0 Å². The first-order valence-corrected chi connectivity index (χ1v) is 8.68. The molecule has 7 heteroatoms. The van der Waals surface area contributed by atoms with Crippen LogP contribution in [0.15, 0.2) is 18.5 Å². The maximum absolute atomic E-state index is 13.0. The van der Waals surface area contributed by atoms with E-state index in [9.17, 15) is 14.7 Å². The van der Waals surface area contributed by atoms with Gasteiger partial charge in [-0.2, -0.15) is 0 Å². The van der Waals surface area contributed by atoms with Crippen LogP contribution in [0.25, 0.3) is 0 Å². The van der Waals surface area contributed by atoms with Gasteiger partial charge in [0.2, 0.25) is 11.9 Å². The van der Waals surface area contributed by atoms with E-state index in [2.05, 4.69) is 14.9 Å². The van der Waals surface area contributed by atoms with Crippen molar-refractivity contribution in [2.24, 2.45) is 23.7 Å². The van der Waals surface area contributed by atoms with E-state index in [0.717, 1.165) is 19.3 Å². The van der Waals surface area contributed by atoms with Crippen LogP contribution in [0.5, 0.6) is 0 Å². The average molecular weight is 330 g/mol. The predicted molar refractivity (Wildman–Crippen MR) is 86.3 cm³/mol. The lowest BCUT2D eigenvalue weighted by atomic mass is 9.78. The van der Waals surface area contributed by atoms with Gasteiger partial charge < -0.3 is 14.9 Å². The number of hydrogen-bond donors (Lipinski definition) is 1. The Morgan fingerprint density at radius 3 is 2.25 bits per heavy atom. The van der Waals surface area contributed by atoms with Crippen molar-refractivity contribution < 1.29 is 14.7 Å². The van der Waals surface area contributed by atoms with Gasteiger partial charge in [-0.15, -0.1) is 0 Å². The molecular formula is C17H22N4O3. The van der Waals surface area contributed by atoms with E-state index < -0.39 is 11.9 Å². The standard InChI is InChI=1S/C17H22N4O3/c22-15(13-11-2-3-12(10-11)14(13)16(23)24)20-6-8-21(9-7-20)17-18-4-1-5-19-17/h1,4-5,11-14H,2-3,6-10H2,(H,23,24)/t11-,12-,13+,14-/m0/s1. The summed E-state index contributed by atoms with van der Waals surface area (Å²) in [5, 5.41) is 9.55. The van der Waals surface area contributed by atoms with E-state index in [0.29, 0.717) is 32.1 Å². The highest BCUT2D eigenvalue weighted by molar-refractivity contribution is 5.86. The fraction of sp³-hybridized carbons (Fsp3) is 0.647. The van der Waals surface area contributed by atoms with Crippen LogP contribution in [0.2, 0.25) is 0 Å². The molecule has 2 heterocycles. The molecule has 4 rings (SSSR count). The number of carboxylic acids is 1. The minimum atomic E-state index is -0.795. The summed E-state index contributed by atoms with van der Waals surface area (Å²) in [5.41, 5.74) is 0. The molecule has 2 saturated carbocycles. The predicted octanol–water partition coefficient (Wildman–Crippen LogP) is 0.872. The molecule has 1 amide bonds. The van der Waals surface area contributed by atoms with Gasteiger partial charge in [0, 0.05) is 38.6 Å². The maximum atomic E-state index is 13.0. The fourth-order valence-corrected chi connectivity index (χ4v) is 4.79. The van der Waals surface area contributed by atoms with Crippen LogP contribution < -0.4 is 4.90 Å². The van der Waals surface area contributed by atoms with Crippen LogP contribution in [0, 0.1) is 23.7 Å². The van der Waals surface area contributed by atoms with E-state index in [1.54, 1.807) is 18.5 Å². The second-order valence-electron chi connectivity index (χ2n) is 7.08. The first kappa shape index (κ1) is 15.4. The highest BCUT2D eigenvalue weighted by atomic mass is 16.4. The highest BCUT2D eigenvalue weighted by Gasteiger charge is 2.54. The summed E-state index contributed by atoms with van der Waals surface area (Å²) < 4.78 is 0. The number of carboxylic acid groups (broad SMARTS) is 1. The van der Waals surface area contributed by atoms with Gasteiger partial charge in [-0.05, 0) is 37.2 Å². The largest absolute Gasteiger partial charge is 0.481 e. The molecule has 3 aliphatic rings. The molecule has 1 aromatic heterocycles. The molecule has 1 aliphatic heterocycles.